The Balaban J connectivity index is 2.19. The molecule has 0 fully saturated rings. The minimum atomic E-state index is -0.130. The van der Waals surface area contributed by atoms with Gasteiger partial charge in [0.05, 0.1) is 5.69 Å². The summed E-state index contributed by atoms with van der Waals surface area (Å²) in [6.07, 6.45) is 0. The molecule has 0 atom stereocenters. The van der Waals surface area contributed by atoms with Gasteiger partial charge in [0.1, 0.15) is 5.69 Å². The van der Waals surface area contributed by atoms with E-state index in [2.05, 4.69) is 15.5 Å². The van der Waals surface area contributed by atoms with Crippen molar-refractivity contribution in [2.75, 3.05) is 0 Å². The van der Waals surface area contributed by atoms with Crippen LogP contribution in [0.15, 0.2) is 36.4 Å². The summed E-state index contributed by atoms with van der Waals surface area (Å²) >= 11 is 0. The molecule has 0 saturated heterocycles. The monoisotopic (exact) mass is 229 g/mol. The van der Waals surface area contributed by atoms with E-state index in [1.54, 1.807) is 6.07 Å². The summed E-state index contributed by atoms with van der Waals surface area (Å²) in [7, 11) is 0. The van der Waals surface area contributed by atoms with E-state index in [9.17, 15) is 4.79 Å². The lowest BCUT2D eigenvalue weighted by molar-refractivity contribution is 0.0938. The van der Waals surface area contributed by atoms with Gasteiger partial charge in [0.15, 0.2) is 0 Å². The maximum absolute atomic E-state index is 11.7. The van der Waals surface area contributed by atoms with Gasteiger partial charge in [0, 0.05) is 11.6 Å². The van der Waals surface area contributed by atoms with Crippen molar-refractivity contribution in [3.8, 4) is 11.3 Å². The molecule has 1 aromatic heterocycles. The number of hydrogen-bond donors (Lipinski definition) is 2. The largest absolute Gasteiger partial charge is 0.349 e. The highest BCUT2D eigenvalue weighted by atomic mass is 16.2. The molecule has 17 heavy (non-hydrogen) atoms. The molecule has 0 saturated carbocycles. The third kappa shape index (κ3) is 2.72. The van der Waals surface area contributed by atoms with Crippen LogP contribution in [-0.4, -0.2) is 22.1 Å². The van der Waals surface area contributed by atoms with E-state index in [4.69, 9.17) is 0 Å². The summed E-state index contributed by atoms with van der Waals surface area (Å²) in [6, 6.07) is 11.6. The van der Waals surface area contributed by atoms with Gasteiger partial charge < -0.3 is 5.32 Å². The highest BCUT2D eigenvalue weighted by Crippen LogP contribution is 2.16. The Bertz CT molecular complexity index is 502. The minimum absolute atomic E-state index is 0.117. The standard InChI is InChI=1S/C13H15N3O/c1-9(2)14-13(17)12-8-11(15-16-12)10-6-4-3-5-7-10/h3-9H,1-2H3,(H,14,17)(H,15,16). The van der Waals surface area contributed by atoms with E-state index in [0.29, 0.717) is 5.69 Å². The summed E-state index contributed by atoms with van der Waals surface area (Å²) in [6.45, 7) is 3.85. The van der Waals surface area contributed by atoms with Gasteiger partial charge in [-0.3, -0.25) is 9.89 Å². The molecule has 1 amide bonds. The quantitative estimate of drug-likeness (QED) is 0.847. The van der Waals surface area contributed by atoms with Gasteiger partial charge in [-0.1, -0.05) is 30.3 Å². The molecular weight excluding hydrogens is 214 g/mol. The van der Waals surface area contributed by atoms with E-state index in [1.165, 1.54) is 0 Å². The zero-order valence-electron chi connectivity index (χ0n) is 9.90. The molecule has 1 heterocycles. The van der Waals surface area contributed by atoms with Crippen molar-refractivity contribution >= 4 is 5.91 Å². The summed E-state index contributed by atoms with van der Waals surface area (Å²) in [5, 5.41) is 9.69. The molecular formula is C13H15N3O. The number of aromatic amines is 1. The SMILES string of the molecule is CC(C)NC(=O)c1cc(-c2ccccc2)n[nH]1. The molecule has 0 spiro atoms. The van der Waals surface area contributed by atoms with Gasteiger partial charge in [-0.15, -0.1) is 0 Å². The van der Waals surface area contributed by atoms with E-state index in [1.807, 2.05) is 44.2 Å². The lowest BCUT2D eigenvalue weighted by Crippen LogP contribution is -2.30. The first kappa shape index (κ1) is 11.4. The van der Waals surface area contributed by atoms with Crippen LogP contribution in [-0.2, 0) is 0 Å². The Morgan fingerprint density at radius 3 is 2.65 bits per heavy atom. The molecule has 0 unspecified atom stereocenters. The molecule has 0 aliphatic rings. The van der Waals surface area contributed by atoms with Gasteiger partial charge in [0.2, 0.25) is 0 Å². The van der Waals surface area contributed by atoms with Crippen LogP contribution in [0.3, 0.4) is 0 Å². The number of H-pyrrole nitrogens is 1. The summed E-state index contributed by atoms with van der Waals surface area (Å²) in [4.78, 5) is 11.7. The number of carbonyl (C=O) groups excluding carboxylic acids is 1. The molecule has 2 rings (SSSR count). The fourth-order valence-corrected chi connectivity index (χ4v) is 1.53. The van der Waals surface area contributed by atoms with Crippen LogP contribution < -0.4 is 5.32 Å². The van der Waals surface area contributed by atoms with Crippen molar-refractivity contribution in [1.29, 1.82) is 0 Å². The van der Waals surface area contributed by atoms with Crippen LogP contribution in [0, 0.1) is 0 Å². The lowest BCUT2D eigenvalue weighted by Gasteiger charge is -2.05. The van der Waals surface area contributed by atoms with Gasteiger partial charge >= 0.3 is 0 Å². The first-order valence-corrected chi connectivity index (χ1v) is 5.58. The number of amides is 1. The predicted octanol–water partition coefficient (Wildman–Crippen LogP) is 2.21. The number of carbonyl (C=O) groups is 1. The maximum Gasteiger partial charge on any atom is 0.269 e. The molecule has 0 aliphatic carbocycles. The highest BCUT2D eigenvalue weighted by Gasteiger charge is 2.11. The highest BCUT2D eigenvalue weighted by molar-refractivity contribution is 5.93. The second-order valence-corrected chi connectivity index (χ2v) is 4.16. The Kier molecular flexibility index (Phi) is 3.23. The van der Waals surface area contributed by atoms with Crippen molar-refractivity contribution in [3.63, 3.8) is 0 Å². The number of aromatic nitrogens is 2. The van der Waals surface area contributed by atoms with Crippen LogP contribution in [0.5, 0.6) is 0 Å². The van der Waals surface area contributed by atoms with Gasteiger partial charge in [-0.2, -0.15) is 5.10 Å². The molecule has 4 nitrogen and oxygen atoms in total. The number of rotatable bonds is 3. The van der Waals surface area contributed by atoms with Crippen molar-refractivity contribution < 1.29 is 4.79 Å². The molecule has 4 heteroatoms. The van der Waals surface area contributed by atoms with E-state index < -0.39 is 0 Å². The Hall–Kier alpha value is -2.10. The third-order valence-corrected chi connectivity index (χ3v) is 2.31. The number of benzene rings is 1. The fraction of sp³-hybridized carbons (Fsp3) is 0.231. The van der Waals surface area contributed by atoms with Gasteiger partial charge in [0.25, 0.3) is 5.91 Å². The van der Waals surface area contributed by atoms with Crippen molar-refractivity contribution in [3.05, 3.63) is 42.1 Å². The third-order valence-electron chi connectivity index (χ3n) is 2.31. The average Bonchev–Trinajstić information content (AvgIpc) is 2.78. The first-order valence-electron chi connectivity index (χ1n) is 5.58. The molecule has 88 valence electrons. The van der Waals surface area contributed by atoms with E-state index >= 15 is 0 Å². The molecule has 0 aliphatic heterocycles. The average molecular weight is 229 g/mol. The van der Waals surface area contributed by atoms with E-state index in [0.717, 1.165) is 11.3 Å². The maximum atomic E-state index is 11.7. The first-order chi connectivity index (χ1) is 8.16. The van der Waals surface area contributed by atoms with Crippen molar-refractivity contribution in [2.45, 2.75) is 19.9 Å². The second-order valence-electron chi connectivity index (χ2n) is 4.16. The van der Waals surface area contributed by atoms with Crippen molar-refractivity contribution in [2.24, 2.45) is 0 Å². The lowest BCUT2D eigenvalue weighted by atomic mass is 10.1. The number of nitrogens with zero attached hydrogens (tertiary/aromatic N) is 1. The summed E-state index contributed by atoms with van der Waals surface area (Å²) < 4.78 is 0. The Morgan fingerprint density at radius 1 is 1.29 bits per heavy atom. The summed E-state index contributed by atoms with van der Waals surface area (Å²) in [5.41, 5.74) is 2.25. The predicted molar refractivity (Wildman–Crippen MR) is 66.6 cm³/mol. The Morgan fingerprint density at radius 2 is 2.00 bits per heavy atom. The number of hydrogen-bond acceptors (Lipinski definition) is 2. The normalized spacial score (nSPS) is 10.5. The fourth-order valence-electron chi connectivity index (χ4n) is 1.53. The van der Waals surface area contributed by atoms with Crippen LogP contribution in [0.1, 0.15) is 24.3 Å². The smallest absolute Gasteiger partial charge is 0.269 e. The minimum Gasteiger partial charge on any atom is -0.349 e. The Labute approximate surface area is 100 Å². The topological polar surface area (TPSA) is 57.8 Å². The van der Waals surface area contributed by atoms with E-state index in [-0.39, 0.29) is 11.9 Å². The second kappa shape index (κ2) is 4.82. The van der Waals surface area contributed by atoms with Gasteiger partial charge in [-0.05, 0) is 19.9 Å². The number of nitrogens with one attached hydrogen (secondary N) is 2. The van der Waals surface area contributed by atoms with Crippen LogP contribution in [0.4, 0.5) is 0 Å². The zero-order valence-corrected chi connectivity index (χ0v) is 9.90. The molecule has 0 bridgehead atoms. The van der Waals surface area contributed by atoms with Gasteiger partial charge in [-0.25, -0.2) is 0 Å². The van der Waals surface area contributed by atoms with Crippen LogP contribution in [0.25, 0.3) is 11.3 Å². The molecule has 2 N–H and O–H groups in total. The van der Waals surface area contributed by atoms with Crippen LogP contribution in [0.2, 0.25) is 0 Å². The molecule has 1 aromatic carbocycles. The molecule has 2 aromatic rings. The summed E-state index contributed by atoms with van der Waals surface area (Å²) in [5.74, 6) is -0.130. The van der Waals surface area contributed by atoms with Crippen LogP contribution >= 0.6 is 0 Å². The zero-order chi connectivity index (χ0) is 12.3. The van der Waals surface area contributed by atoms with Crippen molar-refractivity contribution in [1.82, 2.24) is 15.5 Å². The molecule has 0 radical (unpaired) electrons.